The van der Waals surface area contributed by atoms with Crippen LogP contribution in [0.25, 0.3) is 10.2 Å². The smallest absolute Gasteiger partial charge is 0.283 e. The molecule has 3 rings (SSSR count). The monoisotopic (exact) mass is 497 g/mol. The number of hydrogen-bond donors (Lipinski definition) is 3. The SMILES string of the molecule is CCCCCN(CC(=O)NO)S(=O)(=O)N1CCCC1C(=O)Nc1nc2cc(C)c(C)cc2s1. The molecule has 1 aromatic heterocycles. The lowest BCUT2D eigenvalue weighted by molar-refractivity contribution is -0.129. The number of thiazole rings is 1. The summed E-state index contributed by atoms with van der Waals surface area (Å²) in [5, 5.41) is 12.1. The number of carbonyl (C=O) groups excluding carboxylic acids is 2. The van der Waals surface area contributed by atoms with Crippen LogP contribution >= 0.6 is 11.3 Å². The number of aromatic nitrogens is 1. The summed E-state index contributed by atoms with van der Waals surface area (Å²) < 4.78 is 29.8. The molecule has 10 nitrogen and oxygen atoms in total. The Bertz CT molecular complexity index is 1080. The molecule has 1 atom stereocenters. The van der Waals surface area contributed by atoms with Gasteiger partial charge in [-0.2, -0.15) is 17.0 Å². The van der Waals surface area contributed by atoms with Gasteiger partial charge in [0.05, 0.1) is 16.8 Å². The molecule has 0 bridgehead atoms. The van der Waals surface area contributed by atoms with E-state index in [9.17, 15) is 18.0 Å². The molecule has 1 aromatic carbocycles. The molecule has 1 aliphatic heterocycles. The minimum atomic E-state index is -4.09. The van der Waals surface area contributed by atoms with Crippen LogP contribution in [-0.4, -0.2) is 64.7 Å². The van der Waals surface area contributed by atoms with Crippen molar-refractivity contribution < 1.29 is 23.2 Å². The second kappa shape index (κ2) is 10.9. The second-order valence-electron chi connectivity index (χ2n) is 8.26. The van der Waals surface area contributed by atoms with E-state index in [0.29, 0.717) is 24.4 Å². The molecule has 0 radical (unpaired) electrons. The van der Waals surface area contributed by atoms with Gasteiger partial charge < -0.3 is 5.32 Å². The van der Waals surface area contributed by atoms with Crippen molar-refractivity contribution in [2.45, 2.75) is 58.9 Å². The number of hydroxylamine groups is 1. The van der Waals surface area contributed by atoms with Crippen molar-refractivity contribution >= 4 is 48.7 Å². The van der Waals surface area contributed by atoms with E-state index in [1.807, 2.05) is 32.9 Å². The van der Waals surface area contributed by atoms with Crippen molar-refractivity contribution in [2.24, 2.45) is 0 Å². The van der Waals surface area contributed by atoms with Crippen molar-refractivity contribution in [1.82, 2.24) is 19.1 Å². The highest BCUT2D eigenvalue weighted by Crippen LogP contribution is 2.30. The largest absolute Gasteiger partial charge is 0.301 e. The third-order valence-electron chi connectivity index (χ3n) is 5.82. The molecule has 1 fully saturated rings. The molecule has 2 heterocycles. The van der Waals surface area contributed by atoms with Crippen LogP contribution in [0.1, 0.15) is 50.2 Å². The van der Waals surface area contributed by atoms with Gasteiger partial charge in [0.15, 0.2) is 5.13 Å². The van der Waals surface area contributed by atoms with Crippen molar-refractivity contribution in [1.29, 1.82) is 0 Å². The van der Waals surface area contributed by atoms with E-state index in [2.05, 4.69) is 10.3 Å². The first-order valence-corrected chi connectivity index (χ1v) is 13.3. The predicted molar refractivity (Wildman–Crippen MR) is 127 cm³/mol. The number of nitrogens with zero attached hydrogens (tertiary/aromatic N) is 3. The van der Waals surface area contributed by atoms with E-state index in [1.165, 1.54) is 16.8 Å². The maximum atomic E-state index is 13.4. The van der Waals surface area contributed by atoms with Gasteiger partial charge >= 0.3 is 0 Å². The Labute approximate surface area is 198 Å². The number of nitrogens with one attached hydrogen (secondary N) is 2. The number of benzene rings is 1. The van der Waals surface area contributed by atoms with E-state index >= 15 is 0 Å². The number of unbranched alkanes of at least 4 members (excludes halogenated alkanes) is 2. The van der Waals surface area contributed by atoms with Gasteiger partial charge in [0.25, 0.3) is 16.1 Å². The van der Waals surface area contributed by atoms with Crippen molar-refractivity contribution in [2.75, 3.05) is 25.0 Å². The van der Waals surface area contributed by atoms with Crippen molar-refractivity contribution in [3.05, 3.63) is 23.3 Å². The summed E-state index contributed by atoms with van der Waals surface area (Å²) in [6.07, 6.45) is 3.17. The molecule has 182 valence electrons. The minimum absolute atomic E-state index is 0.130. The minimum Gasteiger partial charge on any atom is -0.301 e. The van der Waals surface area contributed by atoms with Gasteiger partial charge in [0.1, 0.15) is 6.04 Å². The van der Waals surface area contributed by atoms with Crippen LogP contribution in [0.3, 0.4) is 0 Å². The number of fused-ring (bicyclic) bond motifs is 1. The summed E-state index contributed by atoms with van der Waals surface area (Å²) in [6, 6.07) is 3.09. The zero-order chi connectivity index (χ0) is 24.2. The summed E-state index contributed by atoms with van der Waals surface area (Å²) in [4.78, 5) is 29.3. The van der Waals surface area contributed by atoms with Gasteiger partial charge in [0.2, 0.25) is 5.91 Å². The molecule has 1 unspecified atom stereocenters. The molecule has 1 saturated heterocycles. The molecule has 2 aromatic rings. The molecule has 3 N–H and O–H groups in total. The van der Waals surface area contributed by atoms with Gasteiger partial charge in [0, 0.05) is 13.1 Å². The van der Waals surface area contributed by atoms with Gasteiger partial charge in [-0.3, -0.25) is 14.8 Å². The quantitative estimate of drug-likeness (QED) is 0.263. The number of anilines is 1. The summed E-state index contributed by atoms with van der Waals surface area (Å²) in [5.41, 5.74) is 4.51. The maximum absolute atomic E-state index is 13.4. The normalized spacial score (nSPS) is 17.1. The predicted octanol–water partition coefficient (Wildman–Crippen LogP) is 2.56. The van der Waals surface area contributed by atoms with Crippen LogP contribution in [0.15, 0.2) is 12.1 Å². The molecule has 0 spiro atoms. The fourth-order valence-corrected chi connectivity index (χ4v) is 6.63. The lowest BCUT2D eigenvalue weighted by Crippen LogP contribution is -2.52. The molecular weight excluding hydrogens is 466 g/mol. The topological polar surface area (TPSA) is 132 Å². The Hall–Kier alpha value is -2.12. The van der Waals surface area contributed by atoms with E-state index in [4.69, 9.17) is 5.21 Å². The van der Waals surface area contributed by atoms with Crippen LogP contribution in [-0.2, 0) is 19.8 Å². The third-order valence-corrected chi connectivity index (χ3v) is 8.75. The van der Waals surface area contributed by atoms with Gasteiger partial charge in [-0.05, 0) is 56.4 Å². The van der Waals surface area contributed by atoms with Crippen LogP contribution in [0.5, 0.6) is 0 Å². The van der Waals surface area contributed by atoms with Crippen molar-refractivity contribution in [3.8, 4) is 0 Å². The van der Waals surface area contributed by atoms with E-state index in [1.54, 1.807) is 0 Å². The van der Waals surface area contributed by atoms with Crippen molar-refractivity contribution in [3.63, 3.8) is 0 Å². The molecule has 0 saturated carbocycles. The lowest BCUT2D eigenvalue weighted by Gasteiger charge is -2.29. The third kappa shape index (κ3) is 5.87. The molecule has 1 aliphatic rings. The fourth-order valence-electron chi connectivity index (χ4n) is 3.86. The molecular formula is C21H31N5O5S2. The first kappa shape index (κ1) is 25.5. The highest BCUT2D eigenvalue weighted by Gasteiger charge is 2.42. The number of carbonyl (C=O) groups is 2. The Morgan fingerprint density at radius 1 is 1.27 bits per heavy atom. The first-order chi connectivity index (χ1) is 15.7. The zero-order valence-corrected chi connectivity index (χ0v) is 20.8. The van der Waals surface area contributed by atoms with E-state index < -0.39 is 34.6 Å². The molecule has 0 aliphatic carbocycles. The Balaban J connectivity index is 1.78. The average Bonchev–Trinajstić information content (AvgIpc) is 3.40. The average molecular weight is 498 g/mol. The molecule has 2 amide bonds. The standard InChI is InChI=1S/C21H31N5O5S2/c1-4-5-6-9-25(13-19(27)24-29)33(30,31)26-10-7-8-17(26)20(28)23-21-22-16-11-14(2)15(3)12-18(16)32-21/h11-12,17,29H,4-10,13H2,1-3H3,(H,24,27)(H,22,23,28). The molecule has 33 heavy (non-hydrogen) atoms. The Morgan fingerprint density at radius 2 is 2.00 bits per heavy atom. The van der Waals surface area contributed by atoms with Crippen LogP contribution in [0.4, 0.5) is 5.13 Å². The van der Waals surface area contributed by atoms with Crippen LogP contribution < -0.4 is 10.8 Å². The van der Waals surface area contributed by atoms with Crippen LogP contribution in [0, 0.1) is 13.8 Å². The van der Waals surface area contributed by atoms with Gasteiger partial charge in [-0.1, -0.05) is 31.1 Å². The maximum Gasteiger partial charge on any atom is 0.283 e. The first-order valence-electron chi connectivity index (χ1n) is 11.1. The number of hydrogen-bond acceptors (Lipinski definition) is 7. The summed E-state index contributed by atoms with van der Waals surface area (Å²) in [6.45, 7) is 5.80. The fraction of sp³-hybridized carbons (Fsp3) is 0.571. The highest BCUT2D eigenvalue weighted by molar-refractivity contribution is 7.86. The number of rotatable bonds is 10. The summed E-state index contributed by atoms with van der Waals surface area (Å²) in [5.74, 6) is -1.26. The zero-order valence-electron chi connectivity index (χ0n) is 19.1. The lowest BCUT2D eigenvalue weighted by atomic mass is 10.1. The van der Waals surface area contributed by atoms with Crippen LogP contribution in [0.2, 0.25) is 0 Å². The second-order valence-corrected chi connectivity index (χ2v) is 11.2. The number of amides is 2. The highest BCUT2D eigenvalue weighted by atomic mass is 32.2. The number of aryl methyl sites for hydroxylation is 2. The van der Waals surface area contributed by atoms with Gasteiger partial charge in [-0.15, -0.1) is 0 Å². The Kier molecular flexibility index (Phi) is 8.40. The summed E-state index contributed by atoms with van der Waals surface area (Å²) >= 11 is 1.35. The molecule has 12 heteroatoms. The van der Waals surface area contributed by atoms with E-state index in [-0.39, 0.29) is 13.1 Å². The Morgan fingerprint density at radius 3 is 2.70 bits per heavy atom. The summed E-state index contributed by atoms with van der Waals surface area (Å²) in [7, 11) is -4.09. The van der Waals surface area contributed by atoms with E-state index in [0.717, 1.165) is 42.8 Å². The van der Waals surface area contributed by atoms with Gasteiger partial charge in [-0.25, -0.2) is 10.5 Å².